The number of nitro groups is 1. The molecule has 0 saturated heterocycles. The molecule has 1 N–H and O–H groups in total. The Kier molecular flexibility index (Phi) is 4.42. The molecule has 0 bridgehead atoms. The zero-order chi connectivity index (χ0) is 18.0. The summed E-state index contributed by atoms with van der Waals surface area (Å²) in [5.41, 5.74) is 2.57. The lowest BCUT2D eigenvalue weighted by molar-refractivity contribution is -0.385. The maximum Gasteiger partial charge on any atom is 0.287 e. The second kappa shape index (κ2) is 6.68. The van der Waals surface area contributed by atoms with Crippen LogP contribution in [0.2, 0.25) is 0 Å². The first-order valence-electron chi connectivity index (χ1n) is 7.63. The van der Waals surface area contributed by atoms with E-state index in [2.05, 4.69) is 15.4 Å². The van der Waals surface area contributed by atoms with Crippen LogP contribution in [-0.4, -0.2) is 19.7 Å². The number of nitrogens with zero attached hydrogens (tertiary/aromatic N) is 4. The monoisotopic (exact) mass is 341 g/mol. The lowest BCUT2D eigenvalue weighted by Crippen LogP contribution is -2.09. The number of halogens is 1. The molecule has 7 nitrogen and oxygen atoms in total. The average Bonchev–Trinajstić information content (AvgIpc) is 2.98. The van der Waals surface area contributed by atoms with E-state index in [9.17, 15) is 14.5 Å². The molecular formula is C17H16FN5O2. The summed E-state index contributed by atoms with van der Waals surface area (Å²) in [7, 11) is 0. The first-order valence-corrected chi connectivity index (χ1v) is 7.63. The molecule has 0 amide bonds. The van der Waals surface area contributed by atoms with Crippen LogP contribution in [0.5, 0.6) is 0 Å². The molecule has 0 saturated carbocycles. The van der Waals surface area contributed by atoms with Gasteiger partial charge in [-0.3, -0.25) is 10.1 Å². The Balaban J connectivity index is 1.79. The van der Waals surface area contributed by atoms with Crippen LogP contribution in [0.3, 0.4) is 0 Å². The first-order chi connectivity index (χ1) is 12.0. The smallest absolute Gasteiger partial charge is 0.287 e. The molecule has 3 rings (SSSR count). The third kappa shape index (κ3) is 3.47. The van der Waals surface area contributed by atoms with Crippen molar-refractivity contribution >= 4 is 11.5 Å². The van der Waals surface area contributed by atoms with Crippen LogP contribution in [0.25, 0.3) is 5.69 Å². The van der Waals surface area contributed by atoms with Gasteiger partial charge in [0.25, 0.3) is 5.69 Å². The van der Waals surface area contributed by atoms with Gasteiger partial charge < -0.3 is 5.32 Å². The molecule has 0 fully saturated rings. The predicted octanol–water partition coefficient (Wildman–Crippen LogP) is 3.80. The van der Waals surface area contributed by atoms with Gasteiger partial charge in [0.2, 0.25) is 0 Å². The molecule has 3 aromatic rings. The molecule has 0 aliphatic heterocycles. The summed E-state index contributed by atoms with van der Waals surface area (Å²) in [5.74, 6) is 0.236. The van der Waals surface area contributed by atoms with Crippen molar-refractivity contribution in [1.82, 2.24) is 14.8 Å². The first kappa shape index (κ1) is 16.6. The highest BCUT2D eigenvalue weighted by molar-refractivity contribution is 5.43. The molecule has 1 aromatic carbocycles. The van der Waals surface area contributed by atoms with Crippen molar-refractivity contribution in [3.8, 4) is 5.69 Å². The molecule has 2 aromatic heterocycles. The van der Waals surface area contributed by atoms with Crippen molar-refractivity contribution in [1.29, 1.82) is 0 Å². The van der Waals surface area contributed by atoms with Crippen LogP contribution in [0.1, 0.15) is 24.2 Å². The fourth-order valence-electron chi connectivity index (χ4n) is 2.57. The Labute approximate surface area is 143 Å². The summed E-state index contributed by atoms with van der Waals surface area (Å²) < 4.78 is 14.8. The van der Waals surface area contributed by atoms with Crippen molar-refractivity contribution in [3.63, 3.8) is 0 Å². The Hall–Kier alpha value is -3.29. The Morgan fingerprint density at radius 1 is 1.20 bits per heavy atom. The summed E-state index contributed by atoms with van der Waals surface area (Å²) in [4.78, 5) is 14.2. The number of aromatic nitrogens is 3. The van der Waals surface area contributed by atoms with Gasteiger partial charge in [-0.15, -0.1) is 0 Å². The van der Waals surface area contributed by atoms with Crippen LogP contribution >= 0.6 is 0 Å². The van der Waals surface area contributed by atoms with Gasteiger partial charge in [-0.2, -0.15) is 5.10 Å². The molecule has 0 aliphatic carbocycles. The Morgan fingerprint density at radius 3 is 2.52 bits per heavy atom. The highest BCUT2D eigenvalue weighted by atomic mass is 19.1. The number of pyridine rings is 1. The Bertz CT molecular complexity index is 890. The fourth-order valence-corrected chi connectivity index (χ4v) is 2.57. The van der Waals surface area contributed by atoms with Gasteiger partial charge in [0.15, 0.2) is 0 Å². The summed E-state index contributed by atoms with van der Waals surface area (Å²) in [5, 5.41) is 18.2. The zero-order valence-corrected chi connectivity index (χ0v) is 13.7. The molecule has 0 spiro atoms. The van der Waals surface area contributed by atoms with E-state index in [-0.39, 0.29) is 17.5 Å². The summed E-state index contributed by atoms with van der Waals surface area (Å²) in [6, 6.07) is 8.95. The van der Waals surface area contributed by atoms with Gasteiger partial charge in [-0.1, -0.05) is 0 Å². The highest BCUT2D eigenvalue weighted by Crippen LogP contribution is 2.23. The standard InChI is InChI=1S/C17H16FN5O2/c1-11(21-17-8-7-15(9-19-17)23(24)25)16-10-20-22(12(16)2)14-5-3-13(18)4-6-14/h3-11H,1-2H3,(H,19,21)/t11-/m0/s1. The van der Waals surface area contributed by atoms with Crippen LogP contribution in [0.4, 0.5) is 15.9 Å². The van der Waals surface area contributed by atoms with E-state index in [1.165, 1.54) is 24.4 Å². The lowest BCUT2D eigenvalue weighted by atomic mass is 10.1. The number of anilines is 1. The molecule has 0 radical (unpaired) electrons. The van der Waals surface area contributed by atoms with E-state index in [0.29, 0.717) is 5.82 Å². The largest absolute Gasteiger partial charge is 0.363 e. The van der Waals surface area contributed by atoms with Crippen LogP contribution in [-0.2, 0) is 0 Å². The number of rotatable bonds is 5. The third-order valence-corrected chi connectivity index (χ3v) is 3.91. The summed E-state index contributed by atoms with van der Waals surface area (Å²) in [6.45, 7) is 3.87. The topological polar surface area (TPSA) is 85.9 Å². The van der Waals surface area contributed by atoms with Crippen molar-refractivity contribution in [3.05, 3.63) is 76.0 Å². The van der Waals surface area contributed by atoms with Crippen LogP contribution < -0.4 is 5.32 Å². The van der Waals surface area contributed by atoms with Gasteiger partial charge in [-0.25, -0.2) is 14.1 Å². The average molecular weight is 341 g/mol. The molecule has 25 heavy (non-hydrogen) atoms. The van der Waals surface area contributed by atoms with Crippen LogP contribution in [0.15, 0.2) is 48.8 Å². The van der Waals surface area contributed by atoms with Crippen molar-refractivity contribution in [2.75, 3.05) is 5.32 Å². The van der Waals surface area contributed by atoms with Gasteiger partial charge in [-0.05, 0) is 44.2 Å². The minimum atomic E-state index is -0.489. The minimum absolute atomic E-state index is 0.0569. The van der Waals surface area contributed by atoms with Crippen molar-refractivity contribution in [2.45, 2.75) is 19.9 Å². The number of nitrogens with one attached hydrogen (secondary N) is 1. The lowest BCUT2D eigenvalue weighted by Gasteiger charge is -2.14. The van der Waals surface area contributed by atoms with E-state index in [1.807, 2.05) is 13.8 Å². The van der Waals surface area contributed by atoms with Crippen molar-refractivity contribution in [2.24, 2.45) is 0 Å². The third-order valence-electron chi connectivity index (χ3n) is 3.91. The molecule has 0 unspecified atom stereocenters. The summed E-state index contributed by atoms with van der Waals surface area (Å²) >= 11 is 0. The van der Waals surface area contributed by atoms with E-state index in [4.69, 9.17) is 0 Å². The molecule has 0 aliphatic rings. The normalized spacial score (nSPS) is 12.0. The van der Waals surface area contributed by atoms with Crippen molar-refractivity contribution < 1.29 is 9.31 Å². The zero-order valence-electron chi connectivity index (χ0n) is 13.7. The second-order valence-electron chi connectivity index (χ2n) is 5.60. The molecule has 128 valence electrons. The number of hydrogen-bond acceptors (Lipinski definition) is 5. The van der Waals surface area contributed by atoms with Gasteiger partial charge >= 0.3 is 0 Å². The van der Waals surface area contributed by atoms with Gasteiger partial charge in [0.05, 0.1) is 22.8 Å². The second-order valence-corrected chi connectivity index (χ2v) is 5.60. The van der Waals surface area contributed by atoms with Gasteiger partial charge in [0, 0.05) is 17.3 Å². The minimum Gasteiger partial charge on any atom is -0.363 e. The quantitative estimate of drug-likeness (QED) is 0.563. The predicted molar refractivity (Wildman–Crippen MR) is 91.2 cm³/mol. The highest BCUT2D eigenvalue weighted by Gasteiger charge is 2.15. The Morgan fingerprint density at radius 2 is 1.92 bits per heavy atom. The molecule has 8 heteroatoms. The van der Waals surface area contributed by atoms with E-state index in [0.717, 1.165) is 16.9 Å². The number of benzene rings is 1. The van der Waals surface area contributed by atoms with Gasteiger partial charge in [0.1, 0.15) is 17.8 Å². The molecule has 2 heterocycles. The van der Waals surface area contributed by atoms with E-state index < -0.39 is 4.92 Å². The molecular weight excluding hydrogens is 325 g/mol. The maximum absolute atomic E-state index is 13.1. The summed E-state index contributed by atoms with van der Waals surface area (Å²) in [6.07, 6.45) is 2.95. The van der Waals surface area contributed by atoms with E-state index in [1.54, 1.807) is 29.1 Å². The number of hydrogen-bond donors (Lipinski definition) is 1. The SMILES string of the molecule is Cc1c([C@H](C)Nc2ccc([N+](=O)[O-])cn2)cnn1-c1ccc(F)cc1. The van der Waals surface area contributed by atoms with E-state index >= 15 is 0 Å². The fraction of sp³-hybridized carbons (Fsp3) is 0.176. The maximum atomic E-state index is 13.1. The van der Waals surface area contributed by atoms with Crippen LogP contribution in [0, 0.1) is 22.9 Å². The molecule has 1 atom stereocenters.